The van der Waals surface area contributed by atoms with Crippen molar-refractivity contribution in [1.29, 1.82) is 0 Å². The first-order valence-corrected chi connectivity index (χ1v) is 11.0. The number of allylic oxidation sites excluding steroid dienone is 1. The molecule has 0 aliphatic carbocycles. The van der Waals surface area contributed by atoms with E-state index in [0.29, 0.717) is 0 Å². The summed E-state index contributed by atoms with van der Waals surface area (Å²) in [5.41, 5.74) is 2.16. The predicted octanol–water partition coefficient (Wildman–Crippen LogP) is 5.24. The van der Waals surface area contributed by atoms with Crippen molar-refractivity contribution in [3.63, 3.8) is 0 Å². The van der Waals surface area contributed by atoms with Crippen LogP contribution in [0.3, 0.4) is 0 Å². The Kier molecular flexibility index (Phi) is 5.41. The third-order valence-electron chi connectivity index (χ3n) is 5.50. The Labute approximate surface area is 167 Å². The Morgan fingerprint density at radius 1 is 0.857 bits per heavy atom. The van der Waals surface area contributed by atoms with Gasteiger partial charge in [0.1, 0.15) is 0 Å². The van der Waals surface area contributed by atoms with Crippen LogP contribution in [0.1, 0.15) is 17.5 Å². The van der Waals surface area contributed by atoms with Gasteiger partial charge >= 0.3 is 5.97 Å². The van der Waals surface area contributed by atoms with E-state index >= 15 is 0 Å². The summed E-state index contributed by atoms with van der Waals surface area (Å²) in [5, 5.41) is 2.49. The monoisotopic (exact) mass is 386 g/mol. The summed E-state index contributed by atoms with van der Waals surface area (Å²) in [6.45, 7) is 0. The molecule has 3 heteroatoms. The zero-order valence-electron chi connectivity index (χ0n) is 15.9. The summed E-state index contributed by atoms with van der Waals surface area (Å²) in [4.78, 5) is 12.4. The van der Waals surface area contributed by atoms with Crippen molar-refractivity contribution in [2.75, 3.05) is 13.3 Å². The first-order chi connectivity index (χ1) is 13.8. The molecular formula is C25H23O2P. The number of methoxy groups -OCH3 is 1. The molecule has 0 amide bonds. The van der Waals surface area contributed by atoms with E-state index in [1.165, 1.54) is 28.9 Å². The molecule has 28 heavy (non-hydrogen) atoms. The Hall–Kier alpha value is -2.70. The SMILES string of the molecule is COC(=O)C=C1P(c2ccccc2)CCC1(c1ccccc1)c1ccccc1. The molecule has 1 unspecified atom stereocenters. The van der Waals surface area contributed by atoms with Gasteiger partial charge in [-0.3, -0.25) is 0 Å². The average Bonchev–Trinajstić information content (AvgIpc) is 3.15. The maximum atomic E-state index is 12.4. The second-order valence-corrected chi connectivity index (χ2v) is 9.23. The van der Waals surface area contributed by atoms with E-state index in [2.05, 4.69) is 72.8 Å². The Bertz CT molecular complexity index is 926. The number of ether oxygens (including phenoxy) is 1. The quantitative estimate of drug-likeness (QED) is 0.348. The molecule has 1 aliphatic heterocycles. The van der Waals surface area contributed by atoms with Gasteiger partial charge in [-0.05, 0) is 42.2 Å². The molecule has 1 saturated heterocycles. The van der Waals surface area contributed by atoms with Gasteiger partial charge in [0.05, 0.1) is 7.11 Å². The van der Waals surface area contributed by atoms with Crippen LogP contribution in [0.2, 0.25) is 0 Å². The van der Waals surface area contributed by atoms with Gasteiger partial charge in [0.25, 0.3) is 0 Å². The molecule has 1 aliphatic rings. The first-order valence-electron chi connectivity index (χ1n) is 9.49. The van der Waals surface area contributed by atoms with Crippen LogP contribution in [0.25, 0.3) is 0 Å². The fourth-order valence-electron chi connectivity index (χ4n) is 4.20. The number of carbonyl (C=O) groups excluding carboxylic acids is 1. The van der Waals surface area contributed by atoms with Crippen molar-refractivity contribution in [3.05, 3.63) is 114 Å². The van der Waals surface area contributed by atoms with Crippen molar-refractivity contribution in [2.24, 2.45) is 0 Å². The number of rotatable bonds is 4. The maximum Gasteiger partial charge on any atom is 0.330 e. The molecule has 1 heterocycles. The molecule has 0 bridgehead atoms. The fourth-order valence-corrected chi connectivity index (χ4v) is 7.16. The normalized spacial score (nSPS) is 19.5. The molecule has 0 spiro atoms. The summed E-state index contributed by atoms with van der Waals surface area (Å²) < 4.78 is 5.06. The Balaban J connectivity index is 1.96. The van der Waals surface area contributed by atoms with Crippen LogP contribution in [0.5, 0.6) is 0 Å². The van der Waals surface area contributed by atoms with Gasteiger partial charge < -0.3 is 4.74 Å². The predicted molar refractivity (Wildman–Crippen MR) is 116 cm³/mol. The molecule has 1 atom stereocenters. The van der Waals surface area contributed by atoms with E-state index < -0.39 is 7.92 Å². The van der Waals surface area contributed by atoms with Crippen LogP contribution in [0.15, 0.2) is 102 Å². The van der Waals surface area contributed by atoms with Crippen LogP contribution < -0.4 is 5.30 Å². The number of hydrogen-bond donors (Lipinski definition) is 0. The lowest BCUT2D eigenvalue weighted by molar-refractivity contribution is -0.134. The van der Waals surface area contributed by atoms with Crippen molar-refractivity contribution in [2.45, 2.75) is 11.8 Å². The molecule has 140 valence electrons. The highest BCUT2D eigenvalue weighted by Gasteiger charge is 2.47. The third kappa shape index (κ3) is 3.30. The van der Waals surface area contributed by atoms with Gasteiger partial charge in [-0.25, -0.2) is 4.79 Å². The van der Waals surface area contributed by atoms with Gasteiger partial charge in [0.2, 0.25) is 0 Å². The minimum Gasteiger partial charge on any atom is -0.466 e. The van der Waals surface area contributed by atoms with E-state index in [9.17, 15) is 4.79 Å². The topological polar surface area (TPSA) is 26.3 Å². The van der Waals surface area contributed by atoms with E-state index in [1.54, 1.807) is 6.08 Å². The highest BCUT2D eigenvalue weighted by molar-refractivity contribution is 7.70. The summed E-state index contributed by atoms with van der Waals surface area (Å²) in [7, 11) is 0.834. The van der Waals surface area contributed by atoms with Crippen LogP contribution in [-0.2, 0) is 14.9 Å². The molecule has 0 aromatic heterocycles. The largest absolute Gasteiger partial charge is 0.466 e. The maximum absolute atomic E-state index is 12.4. The molecule has 3 aromatic rings. The van der Waals surface area contributed by atoms with Gasteiger partial charge in [-0.15, -0.1) is 0 Å². The van der Waals surface area contributed by atoms with Gasteiger partial charge in [0.15, 0.2) is 0 Å². The molecule has 2 nitrogen and oxygen atoms in total. The first kappa shape index (κ1) is 18.7. The lowest BCUT2D eigenvalue weighted by Gasteiger charge is -2.33. The molecule has 0 saturated carbocycles. The van der Waals surface area contributed by atoms with Crippen molar-refractivity contribution in [1.82, 2.24) is 0 Å². The van der Waals surface area contributed by atoms with E-state index in [1.807, 2.05) is 18.2 Å². The fraction of sp³-hybridized carbons (Fsp3) is 0.160. The second kappa shape index (κ2) is 8.12. The molecule has 3 aromatic carbocycles. The van der Waals surface area contributed by atoms with E-state index in [-0.39, 0.29) is 11.4 Å². The zero-order chi connectivity index (χ0) is 19.4. The van der Waals surface area contributed by atoms with Crippen LogP contribution in [-0.4, -0.2) is 19.2 Å². The highest BCUT2D eigenvalue weighted by Crippen LogP contribution is 2.64. The van der Waals surface area contributed by atoms with Gasteiger partial charge in [0, 0.05) is 11.5 Å². The average molecular weight is 386 g/mol. The zero-order valence-corrected chi connectivity index (χ0v) is 16.8. The van der Waals surface area contributed by atoms with Crippen LogP contribution >= 0.6 is 7.92 Å². The van der Waals surface area contributed by atoms with Crippen molar-refractivity contribution < 1.29 is 9.53 Å². The number of esters is 1. The third-order valence-corrected chi connectivity index (χ3v) is 8.18. The Morgan fingerprint density at radius 3 is 1.86 bits per heavy atom. The van der Waals surface area contributed by atoms with E-state index in [4.69, 9.17) is 4.74 Å². The molecule has 4 rings (SSSR count). The lowest BCUT2D eigenvalue weighted by atomic mass is 9.72. The van der Waals surface area contributed by atoms with Crippen molar-refractivity contribution in [3.8, 4) is 0 Å². The summed E-state index contributed by atoms with van der Waals surface area (Å²) in [6, 6.07) is 31.7. The number of carbonyl (C=O) groups is 1. The van der Waals surface area contributed by atoms with Crippen LogP contribution in [0.4, 0.5) is 0 Å². The summed E-state index contributed by atoms with van der Waals surface area (Å²) in [6.07, 6.45) is 3.78. The molecular weight excluding hydrogens is 363 g/mol. The second-order valence-electron chi connectivity index (χ2n) is 6.93. The smallest absolute Gasteiger partial charge is 0.330 e. The number of hydrogen-bond acceptors (Lipinski definition) is 2. The van der Waals surface area contributed by atoms with Crippen LogP contribution in [0, 0.1) is 0 Å². The van der Waals surface area contributed by atoms with Gasteiger partial charge in [-0.1, -0.05) is 91.0 Å². The Morgan fingerprint density at radius 2 is 1.36 bits per heavy atom. The highest BCUT2D eigenvalue weighted by atomic mass is 31.1. The van der Waals surface area contributed by atoms with Gasteiger partial charge in [-0.2, -0.15) is 0 Å². The minimum absolute atomic E-state index is 0.281. The van der Waals surface area contributed by atoms with E-state index in [0.717, 1.165) is 12.6 Å². The van der Waals surface area contributed by atoms with Crippen molar-refractivity contribution >= 4 is 19.2 Å². The molecule has 0 radical (unpaired) electrons. The summed E-state index contributed by atoms with van der Waals surface area (Å²) in [5.74, 6) is -0.281. The summed E-state index contributed by atoms with van der Waals surface area (Å²) >= 11 is 0. The standard InChI is InChI=1S/C25H23O2P/c1-27-24(26)19-23-25(20-11-5-2-6-12-20,21-13-7-3-8-14-21)17-18-28(23)22-15-9-4-10-16-22/h2-16,19H,17-18H2,1H3. The molecule has 0 N–H and O–H groups in total. The number of benzene rings is 3. The minimum atomic E-state index is -0.617. The molecule has 1 fully saturated rings. The lowest BCUT2D eigenvalue weighted by Crippen LogP contribution is -2.27.